The standard InChI is InChI=1S/C22H20O3/c1-14-18(16-10-6-4-7-11-16)15(2)21(23)20(22(24)25-3)19(14)17-12-8-5-9-13-17/h4-13,23H,1-3H3. The molecule has 25 heavy (non-hydrogen) atoms. The topological polar surface area (TPSA) is 46.5 Å². The molecule has 0 spiro atoms. The van der Waals surface area contributed by atoms with Crippen LogP contribution in [0, 0.1) is 13.8 Å². The summed E-state index contributed by atoms with van der Waals surface area (Å²) in [6.45, 7) is 3.80. The van der Waals surface area contributed by atoms with Gasteiger partial charge in [-0.3, -0.25) is 0 Å². The van der Waals surface area contributed by atoms with Gasteiger partial charge in [-0.2, -0.15) is 0 Å². The number of ether oxygens (including phenoxy) is 1. The summed E-state index contributed by atoms with van der Waals surface area (Å²) >= 11 is 0. The maximum absolute atomic E-state index is 12.4. The molecule has 3 nitrogen and oxygen atoms in total. The minimum absolute atomic E-state index is 0.0323. The van der Waals surface area contributed by atoms with Crippen molar-refractivity contribution in [3.63, 3.8) is 0 Å². The number of aromatic hydroxyl groups is 1. The smallest absolute Gasteiger partial charge is 0.342 e. The SMILES string of the molecule is COC(=O)c1c(O)c(C)c(-c2ccccc2)c(C)c1-c1ccccc1. The minimum atomic E-state index is -0.540. The molecule has 3 heteroatoms. The molecule has 0 heterocycles. The third-order valence-electron chi connectivity index (χ3n) is 4.48. The molecule has 0 atom stereocenters. The fourth-order valence-corrected chi connectivity index (χ4v) is 3.32. The summed E-state index contributed by atoms with van der Waals surface area (Å²) in [4.78, 5) is 12.4. The molecule has 1 N–H and O–H groups in total. The van der Waals surface area contributed by atoms with Gasteiger partial charge in [-0.1, -0.05) is 60.7 Å². The molecule has 3 aromatic rings. The summed E-state index contributed by atoms with van der Waals surface area (Å²) in [7, 11) is 1.33. The van der Waals surface area contributed by atoms with E-state index in [0.717, 1.165) is 22.3 Å². The lowest BCUT2D eigenvalue weighted by Gasteiger charge is -2.20. The van der Waals surface area contributed by atoms with Crippen molar-refractivity contribution in [2.45, 2.75) is 13.8 Å². The molecule has 0 amide bonds. The highest BCUT2D eigenvalue weighted by Gasteiger charge is 2.26. The molecule has 0 aliphatic carbocycles. The minimum Gasteiger partial charge on any atom is -0.507 e. The largest absolute Gasteiger partial charge is 0.507 e. The van der Waals surface area contributed by atoms with E-state index in [-0.39, 0.29) is 11.3 Å². The molecule has 0 bridgehead atoms. The van der Waals surface area contributed by atoms with Crippen LogP contribution in [0.2, 0.25) is 0 Å². The Morgan fingerprint density at radius 3 is 1.76 bits per heavy atom. The van der Waals surface area contributed by atoms with Crippen LogP contribution in [0.4, 0.5) is 0 Å². The van der Waals surface area contributed by atoms with Gasteiger partial charge in [0, 0.05) is 5.56 Å². The predicted molar refractivity (Wildman–Crippen MR) is 99.8 cm³/mol. The summed E-state index contributed by atoms with van der Waals surface area (Å²) in [5.74, 6) is -0.572. The summed E-state index contributed by atoms with van der Waals surface area (Å²) in [5, 5.41) is 10.8. The van der Waals surface area contributed by atoms with Crippen molar-refractivity contribution in [1.82, 2.24) is 0 Å². The number of hydrogen-bond acceptors (Lipinski definition) is 3. The van der Waals surface area contributed by atoms with Gasteiger partial charge in [0.1, 0.15) is 11.3 Å². The van der Waals surface area contributed by atoms with Gasteiger partial charge >= 0.3 is 5.97 Å². The van der Waals surface area contributed by atoms with Crippen molar-refractivity contribution in [1.29, 1.82) is 0 Å². The Morgan fingerprint density at radius 1 is 0.800 bits per heavy atom. The molecule has 0 fully saturated rings. The van der Waals surface area contributed by atoms with Crippen LogP contribution in [-0.4, -0.2) is 18.2 Å². The molecule has 3 aromatic carbocycles. The molecular weight excluding hydrogens is 312 g/mol. The average molecular weight is 332 g/mol. The van der Waals surface area contributed by atoms with Crippen LogP contribution in [0.3, 0.4) is 0 Å². The number of esters is 1. The Morgan fingerprint density at radius 2 is 1.28 bits per heavy atom. The molecule has 0 unspecified atom stereocenters. The Kier molecular flexibility index (Phi) is 4.57. The number of carbonyl (C=O) groups excluding carboxylic acids is 1. The number of benzene rings is 3. The molecule has 0 radical (unpaired) electrons. The Labute approximate surface area is 147 Å². The van der Waals surface area contributed by atoms with Gasteiger partial charge < -0.3 is 9.84 Å². The lowest BCUT2D eigenvalue weighted by molar-refractivity contribution is 0.0598. The van der Waals surface area contributed by atoms with Crippen molar-refractivity contribution >= 4 is 5.97 Å². The van der Waals surface area contributed by atoms with E-state index in [1.807, 2.05) is 74.5 Å². The highest BCUT2D eigenvalue weighted by atomic mass is 16.5. The third-order valence-corrected chi connectivity index (χ3v) is 4.48. The Balaban J connectivity index is 2.42. The van der Waals surface area contributed by atoms with Crippen molar-refractivity contribution in [3.05, 3.63) is 77.4 Å². The lowest BCUT2D eigenvalue weighted by atomic mass is 9.85. The van der Waals surface area contributed by atoms with Gasteiger partial charge in [-0.15, -0.1) is 0 Å². The first kappa shape index (κ1) is 16.8. The van der Waals surface area contributed by atoms with Crippen LogP contribution >= 0.6 is 0 Å². The Bertz CT molecular complexity index is 913. The Hall–Kier alpha value is -3.07. The maximum Gasteiger partial charge on any atom is 0.342 e. The number of phenolic OH excluding ortho intramolecular Hbond substituents is 1. The van der Waals surface area contributed by atoms with E-state index >= 15 is 0 Å². The van der Waals surface area contributed by atoms with E-state index in [0.29, 0.717) is 11.1 Å². The quantitative estimate of drug-likeness (QED) is 0.676. The number of carbonyl (C=O) groups is 1. The zero-order chi connectivity index (χ0) is 18.0. The van der Waals surface area contributed by atoms with Crippen molar-refractivity contribution < 1.29 is 14.6 Å². The zero-order valence-electron chi connectivity index (χ0n) is 14.5. The van der Waals surface area contributed by atoms with Crippen molar-refractivity contribution in [2.75, 3.05) is 7.11 Å². The first-order valence-electron chi connectivity index (χ1n) is 8.11. The average Bonchev–Trinajstić information content (AvgIpc) is 2.65. The van der Waals surface area contributed by atoms with E-state index < -0.39 is 5.97 Å². The number of methoxy groups -OCH3 is 1. The van der Waals surface area contributed by atoms with Crippen LogP contribution in [0.1, 0.15) is 21.5 Å². The van der Waals surface area contributed by atoms with Crippen LogP contribution in [-0.2, 0) is 4.74 Å². The second-order valence-electron chi connectivity index (χ2n) is 5.95. The monoisotopic (exact) mass is 332 g/mol. The van der Waals surface area contributed by atoms with Crippen LogP contribution in [0.5, 0.6) is 5.75 Å². The lowest BCUT2D eigenvalue weighted by Crippen LogP contribution is -2.08. The normalized spacial score (nSPS) is 10.5. The van der Waals surface area contributed by atoms with Crippen molar-refractivity contribution in [3.8, 4) is 28.0 Å². The van der Waals surface area contributed by atoms with Gasteiger partial charge in [0.2, 0.25) is 0 Å². The van der Waals surface area contributed by atoms with E-state index in [1.54, 1.807) is 0 Å². The van der Waals surface area contributed by atoms with E-state index in [4.69, 9.17) is 4.74 Å². The van der Waals surface area contributed by atoms with E-state index in [9.17, 15) is 9.90 Å². The van der Waals surface area contributed by atoms with Gasteiger partial charge in [0.15, 0.2) is 0 Å². The van der Waals surface area contributed by atoms with Crippen LogP contribution in [0.25, 0.3) is 22.3 Å². The van der Waals surface area contributed by atoms with Gasteiger partial charge in [0.05, 0.1) is 7.11 Å². The highest BCUT2D eigenvalue weighted by molar-refractivity contribution is 6.03. The number of rotatable bonds is 3. The van der Waals surface area contributed by atoms with E-state index in [2.05, 4.69) is 0 Å². The van der Waals surface area contributed by atoms with E-state index in [1.165, 1.54) is 7.11 Å². The van der Waals surface area contributed by atoms with Crippen LogP contribution in [0.15, 0.2) is 60.7 Å². The molecule has 0 saturated carbocycles. The zero-order valence-corrected chi connectivity index (χ0v) is 14.5. The summed E-state index contributed by atoms with van der Waals surface area (Å²) in [6, 6.07) is 19.5. The van der Waals surface area contributed by atoms with Crippen LogP contribution < -0.4 is 0 Å². The molecule has 0 aliphatic rings. The molecule has 126 valence electrons. The summed E-state index contributed by atoms with van der Waals surface area (Å²) < 4.78 is 4.94. The first-order valence-corrected chi connectivity index (χ1v) is 8.11. The highest BCUT2D eigenvalue weighted by Crippen LogP contribution is 2.43. The molecular formula is C22H20O3. The second-order valence-corrected chi connectivity index (χ2v) is 5.95. The fraction of sp³-hybridized carbons (Fsp3) is 0.136. The fourth-order valence-electron chi connectivity index (χ4n) is 3.32. The first-order chi connectivity index (χ1) is 12.1. The summed E-state index contributed by atoms with van der Waals surface area (Å²) in [5.41, 5.74) is 5.33. The molecule has 0 saturated heterocycles. The second kappa shape index (κ2) is 6.81. The number of phenols is 1. The molecule has 3 rings (SSSR count). The third kappa shape index (κ3) is 2.89. The van der Waals surface area contributed by atoms with Crippen molar-refractivity contribution in [2.24, 2.45) is 0 Å². The predicted octanol–water partition coefficient (Wildman–Crippen LogP) is 5.13. The summed E-state index contributed by atoms with van der Waals surface area (Å²) in [6.07, 6.45) is 0. The number of hydrogen-bond donors (Lipinski definition) is 1. The van der Waals surface area contributed by atoms with Gasteiger partial charge in [0.25, 0.3) is 0 Å². The maximum atomic E-state index is 12.4. The van der Waals surface area contributed by atoms with Gasteiger partial charge in [-0.25, -0.2) is 4.79 Å². The van der Waals surface area contributed by atoms with Gasteiger partial charge in [-0.05, 0) is 41.7 Å². The molecule has 0 aromatic heterocycles. The molecule has 0 aliphatic heterocycles.